The summed E-state index contributed by atoms with van der Waals surface area (Å²) >= 11 is 0. The zero-order valence-electron chi connectivity index (χ0n) is 17.6. The summed E-state index contributed by atoms with van der Waals surface area (Å²) in [4.78, 5) is 24.0. The van der Waals surface area contributed by atoms with Crippen molar-refractivity contribution in [3.63, 3.8) is 0 Å². The molecule has 1 saturated heterocycles. The molecule has 1 aromatic heterocycles. The fourth-order valence-corrected chi connectivity index (χ4v) is 3.89. The fraction of sp³-hybridized carbons (Fsp3) is 0.320. The Morgan fingerprint density at radius 2 is 1.77 bits per heavy atom. The molecule has 30 heavy (non-hydrogen) atoms. The van der Waals surface area contributed by atoms with Crippen LogP contribution in [-0.4, -0.2) is 29.0 Å². The van der Waals surface area contributed by atoms with Crippen LogP contribution >= 0.6 is 0 Å². The van der Waals surface area contributed by atoms with Gasteiger partial charge in [0.2, 0.25) is 11.9 Å². The summed E-state index contributed by atoms with van der Waals surface area (Å²) < 4.78 is 0. The Bertz CT molecular complexity index is 998. The van der Waals surface area contributed by atoms with Gasteiger partial charge in [-0.25, -0.2) is 9.97 Å². The summed E-state index contributed by atoms with van der Waals surface area (Å²) in [6, 6.07) is 16.5. The minimum Gasteiger partial charge on any atom is -0.352 e. The van der Waals surface area contributed by atoms with Gasteiger partial charge in [0.05, 0.1) is 5.92 Å². The third-order valence-corrected chi connectivity index (χ3v) is 5.81. The van der Waals surface area contributed by atoms with Crippen molar-refractivity contribution >= 4 is 11.9 Å². The van der Waals surface area contributed by atoms with E-state index in [-0.39, 0.29) is 11.8 Å². The third kappa shape index (κ3) is 4.67. The van der Waals surface area contributed by atoms with Crippen LogP contribution in [0.15, 0.2) is 60.9 Å². The molecule has 1 fully saturated rings. The molecule has 4 rings (SSSR count). The van der Waals surface area contributed by atoms with Crippen LogP contribution < -0.4 is 10.2 Å². The predicted octanol–water partition coefficient (Wildman–Crippen LogP) is 4.29. The van der Waals surface area contributed by atoms with Crippen molar-refractivity contribution in [1.29, 1.82) is 0 Å². The summed E-state index contributed by atoms with van der Waals surface area (Å²) in [6.45, 7) is 6.26. The molecule has 3 aromatic rings. The number of aromatic nitrogens is 2. The van der Waals surface area contributed by atoms with Crippen LogP contribution in [0.2, 0.25) is 0 Å². The molecule has 1 aliphatic rings. The van der Waals surface area contributed by atoms with E-state index in [1.54, 1.807) is 0 Å². The molecule has 0 spiro atoms. The zero-order chi connectivity index (χ0) is 20.9. The molecule has 1 aliphatic heterocycles. The minimum absolute atomic E-state index is 0.0388. The van der Waals surface area contributed by atoms with E-state index < -0.39 is 0 Å². The van der Waals surface area contributed by atoms with Crippen molar-refractivity contribution in [3.8, 4) is 11.1 Å². The van der Waals surface area contributed by atoms with E-state index in [1.165, 1.54) is 11.1 Å². The Labute approximate surface area is 178 Å². The SMILES string of the molecule is Cc1ccc(-c2cnc(N3CCC[C@H](C(=O)NCc4ccccc4C)C3)nc2)cc1. The van der Waals surface area contributed by atoms with E-state index in [0.717, 1.165) is 36.1 Å². The molecule has 1 atom stereocenters. The second-order valence-electron chi connectivity index (χ2n) is 8.07. The summed E-state index contributed by atoms with van der Waals surface area (Å²) in [7, 11) is 0. The number of carbonyl (C=O) groups excluding carboxylic acids is 1. The van der Waals surface area contributed by atoms with E-state index in [9.17, 15) is 4.79 Å². The Morgan fingerprint density at radius 1 is 1.03 bits per heavy atom. The molecule has 0 saturated carbocycles. The second kappa shape index (κ2) is 9.08. The van der Waals surface area contributed by atoms with Crippen LogP contribution in [0.25, 0.3) is 11.1 Å². The topological polar surface area (TPSA) is 58.1 Å². The van der Waals surface area contributed by atoms with E-state index in [4.69, 9.17) is 0 Å². The van der Waals surface area contributed by atoms with Crippen molar-refractivity contribution in [3.05, 3.63) is 77.6 Å². The number of hydrogen-bond donors (Lipinski definition) is 1. The molecule has 154 valence electrons. The van der Waals surface area contributed by atoms with Gasteiger partial charge in [-0.15, -0.1) is 0 Å². The Balaban J connectivity index is 1.38. The van der Waals surface area contributed by atoms with E-state index in [1.807, 2.05) is 24.5 Å². The maximum absolute atomic E-state index is 12.7. The normalized spacial score (nSPS) is 16.3. The summed E-state index contributed by atoms with van der Waals surface area (Å²) in [5.41, 5.74) is 5.71. The van der Waals surface area contributed by atoms with Gasteiger partial charge in [0, 0.05) is 37.6 Å². The lowest BCUT2D eigenvalue weighted by Crippen LogP contribution is -2.43. The van der Waals surface area contributed by atoms with Crippen LogP contribution in [0.4, 0.5) is 5.95 Å². The molecule has 2 heterocycles. The molecule has 1 N–H and O–H groups in total. The quantitative estimate of drug-likeness (QED) is 0.694. The number of carbonyl (C=O) groups is 1. The van der Waals surface area contributed by atoms with E-state index in [2.05, 4.69) is 70.4 Å². The highest BCUT2D eigenvalue weighted by Crippen LogP contribution is 2.23. The van der Waals surface area contributed by atoms with Crippen molar-refractivity contribution < 1.29 is 4.79 Å². The number of nitrogens with zero attached hydrogens (tertiary/aromatic N) is 3. The molecule has 0 radical (unpaired) electrons. The van der Waals surface area contributed by atoms with Crippen molar-refractivity contribution in [1.82, 2.24) is 15.3 Å². The van der Waals surface area contributed by atoms with Gasteiger partial charge in [0.15, 0.2) is 0 Å². The van der Waals surface area contributed by atoms with Crippen molar-refractivity contribution in [2.24, 2.45) is 5.92 Å². The molecular weight excluding hydrogens is 372 g/mol. The highest BCUT2D eigenvalue weighted by atomic mass is 16.1. The van der Waals surface area contributed by atoms with Crippen LogP contribution in [0.1, 0.15) is 29.5 Å². The Morgan fingerprint density at radius 3 is 2.50 bits per heavy atom. The minimum atomic E-state index is -0.0388. The second-order valence-corrected chi connectivity index (χ2v) is 8.07. The molecule has 0 unspecified atom stereocenters. The highest BCUT2D eigenvalue weighted by molar-refractivity contribution is 5.79. The van der Waals surface area contributed by atoms with E-state index >= 15 is 0 Å². The van der Waals surface area contributed by atoms with Gasteiger partial charge in [-0.1, -0.05) is 54.1 Å². The molecule has 1 amide bonds. The van der Waals surface area contributed by atoms with Crippen molar-refractivity contribution in [2.75, 3.05) is 18.0 Å². The number of rotatable bonds is 5. The van der Waals surface area contributed by atoms with Crippen LogP contribution in [-0.2, 0) is 11.3 Å². The smallest absolute Gasteiger partial charge is 0.225 e. The highest BCUT2D eigenvalue weighted by Gasteiger charge is 2.27. The molecule has 5 heteroatoms. The number of nitrogens with one attached hydrogen (secondary N) is 1. The first-order valence-electron chi connectivity index (χ1n) is 10.6. The maximum Gasteiger partial charge on any atom is 0.225 e. The van der Waals surface area contributed by atoms with Gasteiger partial charge < -0.3 is 10.2 Å². The lowest BCUT2D eigenvalue weighted by Gasteiger charge is -2.32. The number of amides is 1. The predicted molar refractivity (Wildman–Crippen MR) is 120 cm³/mol. The number of benzene rings is 2. The van der Waals surface area contributed by atoms with E-state index in [0.29, 0.717) is 19.0 Å². The van der Waals surface area contributed by atoms with Crippen molar-refractivity contribution in [2.45, 2.75) is 33.2 Å². The average molecular weight is 401 g/mol. The Hall–Kier alpha value is -3.21. The van der Waals surface area contributed by atoms with Gasteiger partial charge in [0.1, 0.15) is 0 Å². The molecular formula is C25H28N4O. The number of hydrogen-bond acceptors (Lipinski definition) is 4. The third-order valence-electron chi connectivity index (χ3n) is 5.81. The number of anilines is 1. The molecule has 0 bridgehead atoms. The molecule has 5 nitrogen and oxygen atoms in total. The molecule has 0 aliphatic carbocycles. The summed E-state index contributed by atoms with van der Waals surface area (Å²) in [5, 5.41) is 3.11. The first-order valence-corrected chi connectivity index (χ1v) is 10.6. The van der Waals surface area contributed by atoms with Crippen LogP contribution in [0, 0.1) is 19.8 Å². The van der Waals surface area contributed by atoms with Gasteiger partial charge in [0.25, 0.3) is 0 Å². The standard InChI is InChI=1S/C25H28N4O/c1-18-9-11-20(12-10-18)23-15-27-25(28-16-23)29-13-5-8-22(17-29)24(30)26-14-21-7-4-3-6-19(21)2/h3-4,6-7,9-12,15-16,22H,5,8,13-14,17H2,1-2H3,(H,26,30)/t22-/m0/s1. The Kier molecular flexibility index (Phi) is 6.07. The maximum atomic E-state index is 12.7. The van der Waals surface area contributed by atoms with Gasteiger partial charge >= 0.3 is 0 Å². The first-order chi connectivity index (χ1) is 14.6. The van der Waals surface area contributed by atoms with Crippen LogP contribution in [0.5, 0.6) is 0 Å². The first kappa shape index (κ1) is 20.1. The number of aryl methyl sites for hydroxylation is 2. The van der Waals surface area contributed by atoms with Gasteiger partial charge in [-0.05, 0) is 43.4 Å². The number of piperidine rings is 1. The largest absolute Gasteiger partial charge is 0.352 e. The van der Waals surface area contributed by atoms with Crippen LogP contribution in [0.3, 0.4) is 0 Å². The zero-order valence-corrected chi connectivity index (χ0v) is 17.6. The lowest BCUT2D eigenvalue weighted by molar-refractivity contribution is -0.125. The summed E-state index contributed by atoms with van der Waals surface area (Å²) in [6.07, 6.45) is 5.60. The van der Waals surface area contributed by atoms with Gasteiger partial charge in [-0.2, -0.15) is 0 Å². The lowest BCUT2D eigenvalue weighted by atomic mass is 9.97. The summed E-state index contributed by atoms with van der Waals surface area (Å²) in [5.74, 6) is 0.768. The monoisotopic (exact) mass is 400 g/mol. The fourth-order valence-electron chi connectivity index (χ4n) is 3.89. The van der Waals surface area contributed by atoms with Gasteiger partial charge in [-0.3, -0.25) is 4.79 Å². The average Bonchev–Trinajstić information content (AvgIpc) is 2.79. The molecule has 2 aromatic carbocycles.